The second kappa shape index (κ2) is 7.48. The summed E-state index contributed by atoms with van der Waals surface area (Å²) in [4.78, 5) is 16.9. The molecule has 0 aliphatic carbocycles. The van der Waals surface area contributed by atoms with Gasteiger partial charge in [0.05, 0.1) is 29.7 Å². The molecule has 0 saturated carbocycles. The van der Waals surface area contributed by atoms with E-state index < -0.39 is 0 Å². The molecule has 1 aliphatic heterocycles. The zero-order valence-corrected chi connectivity index (χ0v) is 16.3. The molecule has 2 N–H and O–H groups in total. The number of hydrogen-bond donors (Lipinski definition) is 1. The summed E-state index contributed by atoms with van der Waals surface area (Å²) >= 11 is 0. The van der Waals surface area contributed by atoms with Crippen molar-refractivity contribution in [2.75, 3.05) is 19.8 Å². The van der Waals surface area contributed by atoms with Crippen LogP contribution in [0.25, 0.3) is 5.69 Å². The van der Waals surface area contributed by atoms with Crippen molar-refractivity contribution in [3.8, 4) is 5.69 Å². The van der Waals surface area contributed by atoms with E-state index in [-0.39, 0.29) is 12.3 Å². The summed E-state index contributed by atoms with van der Waals surface area (Å²) in [5.74, 6) is 0.0513. The molecule has 0 bridgehead atoms. The molecule has 2 heterocycles. The number of nitrogens with zero attached hydrogens (tertiary/aromatic N) is 4. The van der Waals surface area contributed by atoms with Crippen LogP contribution in [0.4, 0.5) is 5.69 Å². The fourth-order valence-corrected chi connectivity index (χ4v) is 3.62. The number of nitrogens with two attached hydrogens (primary N) is 1. The maximum Gasteiger partial charge on any atom is 0.229 e. The Hall–Kier alpha value is -3.12. The van der Waals surface area contributed by atoms with Crippen LogP contribution in [0.3, 0.4) is 0 Å². The van der Waals surface area contributed by atoms with Crippen molar-refractivity contribution in [3.05, 3.63) is 77.1 Å². The molecule has 0 fully saturated rings. The summed E-state index contributed by atoms with van der Waals surface area (Å²) in [6.45, 7) is 2.19. The van der Waals surface area contributed by atoms with Crippen LogP contribution in [0.2, 0.25) is 0 Å². The van der Waals surface area contributed by atoms with Gasteiger partial charge in [-0.3, -0.25) is 4.79 Å². The van der Waals surface area contributed by atoms with Crippen molar-refractivity contribution >= 4 is 11.6 Å². The van der Waals surface area contributed by atoms with Crippen LogP contribution < -0.4 is 5.73 Å². The number of fused-ring (bicyclic) bond motifs is 1. The zero-order chi connectivity index (χ0) is 19.7. The lowest BCUT2D eigenvalue weighted by atomic mass is 10.1. The predicted octanol–water partition coefficient (Wildman–Crippen LogP) is 2.60. The molecule has 6 heteroatoms. The topological polar surface area (TPSA) is 67.4 Å². The fraction of sp³-hybridized carbons (Fsp3) is 0.273. The van der Waals surface area contributed by atoms with E-state index in [9.17, 15) is 4.79 Å². The molecule has 4 rings (SSSR count). The lowest BCUT2D eigenvalue weighted by Gasteiger charge is -2.14. The molecular formula is C22H25N5O. The second-order valence-corrected chi connectivity index (χ2v) is 7.58. The fourth-order valence-electron chi connectivity index (χ4n) is 3.62. The molecule has 6 nitrogen and oxygen atoms in total. The molecule has 0 radical (unpaired) electrons. The first kappa shape index (κ1) is 18.3. The van der Waals surface area contributed by atoms with Gasteiger partial charge in [0.2, 0.25) is 5.91 Å². The van der Waals surface area contributed by atoms with Crippen LogP contribution in [-0.4, -0.2) is 39.6 Å². The van der Waals surface area contributed by atoms with Gasteiger partial charge < -0.3 is 15.5 Å². The van der Waals surface area contributed by atoms with E-state index in [0.717, 1.165) is 12.2 Å². The summed E-state index contributed by atoms with van der Waals surface area (Å²) in [5, 5.41) is 4.53. The van der Waals surface area contributed by atoms with E-state index in [2.05, 4.69) is 42.3 Å². The third kappa shape index (κ3) is 3.77. The van der Waals surface area contributed by atoms with Crippen molar-refractivity contribution < 1.29 is 4.79 Å². The average molecular weight is 375 g/mol. The smallest absolute Gasteiger partial charge is 0.229 e. The highest BCUT2D eigenvalue weighted by Gasteiger charge is 2.25. The highest BCUT2D eigenvalue weighted by Crippen LogP contribution is 2.25. The number of para-hydroxylation sites is 1. The molecule has 1 aliphatic rings. The van der Waals surface area contributed by atoms with Crippen molar-refractivity contribution in [1.82, 2.24) is 19.6 Å². The van der Waals surface area contributed by atoms with E-state index in [4.69, 9.17) is 5.73 Å². The monoisotopic (exact) mass is 375 g/mol. The van der Waals surface area contributed by atoms with Gasteiger partial charge in [-0.05, 0) is 42.9 Å². The quantitative estimate of drug-likeness (QED) is 0.744. The molecular weight excluding hydrogens is 350 g/mol. The number of anilines is 1. The molecule has 0 saturated heterocycles. The van der Waals surface area contributed by atoms with Crippen molar-refractivity contribution in [3.63, 3.8) is 0 Å². The van der Waals surface area contributed by atoms with Crippen LogP contribution in [0.1, 0.15) is 22.4 Å². The number of rotatable bonds is 5. The van der Waals surface area contributed by atoms with E-state index in [1.807, 2.05) is 35.2 Å². The lowest BCUT2D eigenvalue weighted by Crippen LogP contribution is -2.27. The predicted molar refractivity (Wildman–Crippen MR) is 110 cm³/mol. The highest BCUT2D eigenvalue weighted by molar-refractivity contribution is 5.80. The molecule has 28 heavy (non-hydrogen) atoms. The normalized spacial score (nSPS) is 13.2. The first-order valence-electron chi connectivity index (χ1n) is 9.42. The van der Waals surface area contributed by atoms with E-state index in [1.165, 1.54) is 16.7 Å². The minimum Gasteiger partial charge on any atom is -0.396 e. The Kier molecular flexibility index (Phi) is 4.88. The summed E-state index contributed by atoms with van der Waals surface area (Å²) in [6, 6.07) is 16.3. The maximum absolute atomic E-state index is 12.9. The Bertz CT molecular complexity index is 993. The summed E-state index contributed by atoms with van der Waals surface area (Å²) in [5.41, 5.74) is 11.9. The number of carbonyl (C=O) groups excluding carboxylic acids is 1. The van der Waals surface area contributed by atoms with Gasteiger partial charge in [0, 0.05) is 19.6 Å². The van der Waals surface area contributed by atoms with Gasteiger partial charge in [-0.2, -0.15) is 5.10 Å². The van der Waals surface area contributed by atoms with Crippen LogP contribution in [0, 0.1) is 0 Å². The van der Waals surface area contributed by atoms with Crippen LogP contribution in [-0.2, 0) is 30.8 Å². The van der Waals surface area contributed by atoms with Gasteiger partial charge in [0.1, 0.15) is 0 Å². The average Bonchev–Trinajstić information content (AvgIpc) is 3.25. The molecule has 1 amide bonds. The first-order valence-corrected chi connectivity index (χ1v) is 9.42. The van der Waals surface area contributed by atoms with E-state index in [0.29, 0.717) is 24.5 Å². The van der Waals surface area contributed by atoms with Gasteiger partial charge in [0.25, 0.3) is 0 Å². The molecule has 0 unspecified atom stereocenters. The van der Waals surface area contributed by atoms with Crippen molar-refractivity contribution in [2.24, 2.45) is 0 Å². The lowest BCUT2D eigenvalue weighted by molar-refractivity contribution is -0.131. The molecule has 144 valence electrons. The Morgan fingerprint density at radius 1 is 1.11 bits per heavy atom. The third-order valence-corrected chi connectivity index (χ3v) is 5.01. The molecule has 2 aromatic carbocycles. The maximum atomic E-state index is 12.9. The number of hydrogen-bond acceptors (Lipinski definition) is 4. The number of carbonyl (C=O) groups is 1. The van der Waals surface area contributed by atoms with Crippen LogP contribution >= 0.6 is 0 Å². The largest absolute Gasteiger partial charge is 0.396 e. The minimum absolute atomic E-state index is 0.0513. The Balaban J connectivity index is 1.45. The zero-order valence-electron chi connectivity index (χ0n) is 16.3. The summed E-state index contributed by atoms with van der Waals surface area (Å²) in [7, 11) is 4.12. The minimum atomic E-state index is 0.0513. The van der Waals surface area contributed by atoms with Crippen molar-refractivity contribution in [1.29, 1.82) is 0 Å². The molecule has 0 spiro atoms. The van der Waals surface area contributed by atoms with Crippen molar-refractivity contribution in [2.45, 2.75) is 26.1 Å². The highest BCUT2D eigenvalue weighted by atomic mass is 16.2. The molecule has 3 aromatic rings. The molecule has 1 aromatic heterocycles. The van der Waals surface area contributed by atoms with Gasteiger partial charge in [-0.1, -0.05) is 36.4 Å². The number of aromatic nitrogens is 2. The standard InChI is InChI=1S/C22H25N5O/c1-25(2)12-16-8-9-17-13-26(14-18(17)10-16)22(28)11-21-20(23)15-27(24-21)19-6-4-3-5-7-19/h3-10,15H,11-14,23H2,1-2H3. The second-order valence-electron chi connectivity index (χ2n) is 7.58. The Labute approximate surface area is 165 Å². The van der Waals surface area contributed by atoms with Gasteiger partial charge >= 0.3 is 0 Å². The SMILES string of the molecule is CN(C)Cc1ccc2c(c1)CN(C(=O)Cc1nn(-c3ccccc3)cc1N)C2. The van der Waals surface area contributed by atoms with Crippen LogP contribution in [0.15, 0.2) is 54.7 Å². The van der Waals surface area contributed by atoms with Crippen LogP contribution in [0.5, 0.6) is 0 Å². The summed E-state index contributed by atoms with van der Waals surface area (Å²) in [6.07, 6.45) is 1.98. The van der Waals surface area contributed by atoms with Gasteiger partial charge in [-0.25, -0.2) is 4.68 Å². The van der Waals surface area contributed by atoms with E-state index >= 15 is 0 Å². The Morgan fingerprint density at radius 2 is 1.86 bits per heavy atom. The Morgan fingerprint density at radius 3 is 2.61 bits per heavy atom. The third-order valence-electron chi connectivity index (χ3n) is 5.01. The summed E-state index contributed by atoms with van der Waals surface area (Å²) < 4.78 is 1.73. The molecule has 0 atom stereocenters. The first-order chi connectivity index (χ1) is 13.5. The number of amides is 1. The number of nitrogen functional groups attached to an aromatic ring is 1. The van der Waals surface area contributed by atoms with Gasteiger partial charge in [-0.15, -0.1) is 0 Å². The van der Waals surface area contributed by atoms with E-state index in [1.54, 1.807) is 10.9 Å². The van der Waals surface area contributed by atoms with Gasteiger partial charge in [0.15, 0.2) is 0 Å². The number of benzene rings is 2.